The fourth-order valence-electron chi connectivity index (χ4n) is 1.39. The van der Waals surface area contributed by atoms with Crippen LogP contribution in [0.2, 0.25) is 5.02 Å². The van der Waals surface area contributed by atoms with Crippen molar-refractivity contribution < 1.29 is 9.84 Å². The van der Waals surface area contributed by atoms with Gasteiger partial charge in [-0.05, 0) is 18.1 Å². The van der Waals surface area contributed by atoms with Gasteiger partial charge in [0.2, 0.25) is 0 Å². The van der Waals surface area contributed by atoms with Crippen molar-refractivity contribution in [3.63, 3.8) is 0 Å². The second kappa shape index (κ2) is 4.90. The Morgan fingerprint density at radius 1 is 1.60 bits per heavy atom. The molecule has 4 heteroatoms. The van der Waals surface area contributed by atoms with E-state index in [0.717, 1.165) is 12.0 Å². The van der Waals surface area contributed by atoms with Crippen LogP contribution in [0.1, 0.15) is 18.1 Å². The molecular weight excluding hydrogens is 214 g/mol. The Hall–Kier alpha value is -1.40. The molecule has 0 spiro atoms. The highest BCUT2D eigenvalue weighted by atomic mass is 35.5. The number of phenols is 1. The van der Waals surface area contributed by atoms with Crippen molar-refractivity contribution >= 4 is 11.6 Å². The minimum Gasteiger partial charge on any atom is -0.504 e. The van der Waals surface area contributed by atoms with Crippen molar-refractivity contribution in [3.8, 4) is 17.6 Å². The van der Waals surface area contributed by atoms with Crippen molar-refractivity contribution in [1.82, 2.24) is 0 Å². The SMILES string of the molecule is CCc1cc(OC)c(O)c(CC#N)c1Cl. The highest BCUT2D eigenvalue weighted by Gasteiger charge is 2.15. The van der Waals surface area contributed by atoms with Gasteiger partial charge in [0, 0.05) is 5.56 Å². The Morgan fingerprint density at radius 2 is 2.27 bits per heavy atom. The first-order valence-corrected chi connectivity index (χ1v) is 4.97. The van der Waals surface area contributed by atoms with Crippen LogP contribution in [0.15, 0.2) is 6.07 Å². The van der Waals surface area contributed by atoms with Gasteiger partial charge in [-0.1, -0.05) is 18.5 Å². The third-order valence-corrected chi connectivity index (χ3v) is 2.70. The summed E-state index contributed by atoms with van der Waals surface area (Å²) in [5.41, 5.74) is 1.31. The Bertz CT molecular complexity index is 382. The molecular formula is C11H12ClNO2. The summed E-state index contributed by atoms with van der Waals surface area (Å²) in [6.07, 6.45) is 0.808. The van der Waals surface area contributed by atoms with Crippen LogP contribution in [0.25, 0.3) is 0 Å². The monoisotopic (exact) mass is 225 g/mol. The largest absolute Gasteiger partial charge is 0.504 e. The summed E-state index contributed by atoms with van der Waals surface area (Å²) in [5.74, 6) is 0.322. The Labute approximate surface area is 93.9 Å². The number of benzene rings is 1. The highest BCUT2D eigenvalue weighted by Crippen LogP contribution is 2.38. The number of aromatic hydroxyl groups is 1. The molecule has 15 heavy (non-hydrogen) atoms. The van der Waals surface area contributed by atoms with Crippen molar-refractivity contribution in [2.45, 2.75) is 19.8 Å². The third kappa shape index (κ3) is 2.16. The lowest BCUT2D eigenvalue weighted by atomic mass is 10.0. The predicted octanol–water partition coefficient (Wildman–Crippen LogP) is 2.68. The van der Waals surface area contributed by atoms with E-state index in [9.17, 15) is 5.11 Å². The average molecular weight is 226 g/mol. The summed E-state index contributed by atoms with van der Waals surface area (Å²) in [6, 6.07) is 3.66. The van der Waals surface area contributed by atoms with E-state index in [1.54, 1.807) is 6.07 Å². The van der Waals surface area contributed by atoms with Crippen LogP contribution in [-0.4, -0.2) is 12.2 Å². The van der Waals surface area contributed by atoms with Crippen LogP contribution in [0.3, 0.4) is 0 Å². The smallest absolute Gasteiger partial charge is 0.163 e. The normalized spacial score (nSPS) is 9.73. The van der Waals surface area contributed by atoms with Crippen LogP contribution < -0.4 is 4.74 Å². The second-order valence-electron chi connectivity index (χ2n) is 3.07. The van der Waals surface area contributed by atoms with E-state index in [2.05, 4.69) is 0 Å². The quantitative estimate of drug-likeness (QED) is 0.861. The van der Waals surface area contributed by atoms with Crippen LogP contribution >= 0.6 is 11.6 Å². The minimum absolute atomic E-state index is 0.0405. The number of ether oxygens (including phenoxy) is 1. The average Bonchev–Trinajstić information content (AvgIpc) is 2.25. The number of nitrogens with zero attached hydrogens (tertiary/aromatic N) is 1. The van der Waals surface area contributed by atoms with Gasteiger partial charge >= 0.3 is 0 Å². The van der Waals surface area contributed by atoms with Crippen molar-refractivity contribution in [2.24, 2.45) is 0 Å². The molecule has 0 saturated heterocycles. The number of rotatable bonds is 3. The van der Waals surface area contributed by atoms with Gasteiger partial charge in [-0.2, -0.15) is 5.26 Å². The maximum absolute atomic E-state index is 9.76. The fraction of sp³-hybridized carbons (Fsp3) is 0.364. The van der Waals surface area contributed by atoms with E-state index in [4.69, 9.17) is 21.6 Å². The summed E-state index contributed by atoms with van der Waals surface area (Å²) in [4.78, 5) is 0. The third-order valence-electron chi connectivity index (χ3n) is 2.23. The summed E-state index contributed by atoms with van der Waals surface area (Å²) in [7, 11) is 1.47. The number of phenolic OH excluding ortho intramolecular Hbond substituents is 1. The Kier molecular flexibility index (Phi) is 3.81. The molecule has 0 aliphatic heterocycles. The number of halogens is 1. The predicted molar refractivity (Wildman–Crippen MR) is 58.4 cm³/mol. The van der Waals surface area contributed by atoms with Crippen LogP contribution in [0.5, 0.6) is 11.5 Å². The molecule has 3 nitrogen and oxygen atoms in total. The first-order chi connectivity index (χ1) is 7.15. The van der Waals surface area contributed by atoms with Gasteiger partial charge in [0.1, 0.15) is 0 Å². The first kappa shape index (κ1) is 11.7. The zero-order valence-electron chi connectivity index (χ0n) is 8.67. The van der Waals surface area contributed by atoms with E-state index in [0.29, 0.717) is 16.3 Å². The van der Waals surface area contributed by atoms with Gasteiger partial charge < -0.3 is 9.84 Å². The molecule has 0 unspecified atom stereocenters. The van der Waals surface area contributed by atoms with Gasteiger partial charge in [-0.25, -0.2) is 0 Å². The standard InChI is InChI=1S/C11H12ClNO2/c1-3-7-6-9(15-2)11(14)8(4-5-13)10(7)12/h6,14H,3-4H2,1-2H3. The fourth-order valence-corrected chi connectivity index (χ4v) is 1.73. The lowest BCUT2D eigenvalue weighted by Gasteiger charge is -2.12. The van der Waals surface area contributed by atoms with Gasteiger partial charge in [0.15, 0.2) is 11.5 Å². The lowest BCUT2D eigenvalue weighted by Crippen LogP contribution is -1.95. The van der Waals surface area contributed by atoms with Gasteiger partial charge in [0.25, 0.3) is 0 Å². The van der Waals surface area contributed by atoms with Crippen LogP contribution in [0.4, 0.5) is 0 Å². The molecule has 1 N–H and O–H groups in total. The molecule has 0 aromatic heterocycles. The lowest BCUT2D eigenvalue weighted by molar-refractivity contribution is 0.371. The number of nitriles is 1. The van der Waals surface area contributed by atoms with E-state index in [1.165, 1.54) is 7.11 Å². The summed E-state index contributed by atoms with van der Waals surface area (Å²) >= 11 is 6.06. The zero-order chi connectivity index (χ0) is 11.4. The first-order valence-electron chi connectivity index (χ1n) is 4.59. The van der Waals surface area contributed by atoms with Crippen molar-refractivity contribution in [1.29, 1.82) is 5.26 Å². The molecule has 0 bridgehead atoms. The maximum Gasteiger partial charge on any atom is 0.163 e. The van der Waals surface area contributed by atoms with Gasteiger partial charge in [-0.3, -0.25) is 0 Å². The number of methoxy groups -OCH3 is 1. The van der Waals surface area contributed by atoms with Gasteiger partial charge in [0.05, 0.1) is 24.6 Å². The molecule has 80 valence electrons. The topological polar surface area (TPSA) is 53.2 Å². The Morgan fingerprint density at radius 3 is 2.73 bits per heavy atom. The minimum atomic E-state index is -0.0405. The summed E-state index contributed by atoms with van der Waals surface area (Å²) < 4.78 is 5.01. The molecule has 1 aromatic rings. The zero-order valence-corrected chi connectivity index (χ0v) is 9.43. The molecule has 0 heterocycles. The number of aryl methyl sites for hydroxylation is 1. The van der Waals surface area contributed by atoms with Crippen LogP contribution in [0, 0.1) is 11.3 Å². The maximum atomic E-state index is 9.76. The van der Waals surface area contributed by atoms with E-state index in [-0.39, 0.29) is 12.2 Å². The molecule has 0 amide bonds. The van der Waals surface area contributed by atoms with E-state index < -0.39 is 0 Å². The molecule has 0 radical (unpaired) electrons. The highest BCUT2D eigenvalue weighted by molar-refractivity contribution is 6.32. The van der Waals surface area contributed by atoms with Crippen LogP contribution in [-0.2, 0) is 12.8 Å². The van der Waals surface area contributed by atoms with Crippen molar-refractivity contribution in [2.75, 3.05) is 7.11 Å². The molecule has 1 rings (SSSR count). The summed E-state index contributed by atoms with van der Waals surface area (Å²) in [5, 5.41) is 18.9. The molecule has 0 aliphatic rings. The number of hydrogen-bond acceptors (Lipinski definition) is 3. The second-order valence-corrected chi connectivity index (χ2v) is 3.45. The molecule has 1 aromatic carbocycles. The Balaban J connectivity index is 3.40. The van der Waals surface area contributed by atoms with E-state index >= 15 is 0 Å². The molecule has 0 saturated carbocycles. The molecule has 0 aliphatic carbocycles. The van der Waals surface area contributed by atoms with Crippen molar-refractivity contribution in [3.05, 3.63) is 22.2 Å². The van der Waals surface area contributed by atoms with Gasteiger partial charge in [-0.15, -0.1) is 0 Å². The molecule has 0 atom stereocenters. The summed E-state index contributed by atoms with van der Waals surface area (Å²) in [6.45, 7) is 1.95. The van der Waals surface area contributed by atoms with E-state index in [1.807, 2.05) is 13.0 Å². The number of hydrogen-bond donors (Lipinski definition) is 1. The molecule has 0 fully saturated rings.